The number of aryl methyl sites for hydroxylation is 2. The number of nitrogens with zero attached hydrogens (tertiary/aromatic N) is 1. The first-order valence-electron chi connectivity index (χ1n) is 22.9. The van der Waals surface area contributed by atoms with Gasteiger partial charge in [-0.15, -0.1) is 0 Å². The number of pyridine rings is 1. The molecule has 10 atom stereocenters. The summed E-state index contributed by atoms with van der Waals surface area (Å²) >= 11 is 0. The molecule has 1 aromatic heterocycles. The molecule has 2 aromatic rings. The van der Waals surface area contributed by atoms with Crippen LogP contribution in [0.3, 0.4) is 0 Å². The van der Waals surface area contributed by atoms with Crippen molar-refractivity contribution in [1.82, 2.24) is 5.32 Å². The van der Waals surface area contributed by atoms with E-state index in [1.807, 2.05) is 0 Å². The Morgan fingerprint density at radius 1 is 0.836 bits per heavy atom. The number of nitrogens with one attached hydrogen (secondary N) is 1. The predicted octanol–water partition coefficient (Wildman–Crippen LogP) is 11.3. The van der Waals surface area contributed by atoms with Crippen LogP contribution in [0, 0.1) is 63.6 Å². The van der Waals surface area contributed by atoms with Crippen molar-refractivity contribution >= 4 is 22.5 Å². The van der Waals surface area contributed by atoms with Crippen molar-refractivity contribution in [2.75, 3.05) is 12.3 Å². The minimum absolute atomic E-state index is 0.0174. The van der Waals surface area contributed by atoms with Gasteiger partial charge in [0.1, 0.15) is 6.54 Å². The SMILES string of the molecule is C=C(C)C1CC[C@]2(C(=O)NCCCCCCCCCC[n+]3c(C)cc(N)c4ccccc43)CC[C@]3(C)C(CCC4[C@@]5(C)CC[C@H](O)C(C)(C)C5CC[C@]43C)C12. The van der Waals surface area contributed by atoms with Crippen LogP contribution >= 0.6 is 0 Å². The van der Waals surface area contributed by atoms with Gasteiger partial charge < -0.3 is 16.2 Å². The number of nitrogen functional groups attached to an aromatic ring is 1. The third-order valence-corrected chi connectivity index (χ3v) is 18.4. The molecule has 5 saturated carbocycles. The van der Waals surface area contributed by atoms with Crippen molar-refractivity contribution in [1.29, 1.82) is 0 Å². The molecular weight excluding hydrogens is 675 g/mol. The molecule has 1 amide bonds. The maximum absolute atomic E-state index is 14.5. The average molecular weight is 753 g/mol. The number of para-hydroxylation sites is 1. The van der Waals surface area contributed by atoms with Crippen molar-refractivity contribution in [2.45, 2.75) is 177 Å². The third kappa shape index (κ3) is 6.70. The summed E-state index contributed by atoms with van der Waals surface area (Å²) in [5, 5.41) is 15.8. The van der Waals surface area contributed by atoms with Gasteiger partial charge in [0, 0.05) is 32.0 Å². The molecular formula is C50H78N3O2+. The Morgan fingerprint density at radius 2 is 1.53 bits per heavy atom. The summed E-state index contributed by atoms with van der Waals surface area (Å²) in [6.45, 7) is 23.5. The first kappa shape index (κ1) is 40.8. The summed E-state index contributed by atoms with van der Waals surface area (Å²) in [5.74, 6) is 3.10. The van der Waals surface area contributed by atoms with E-state index < -0.39 is 0 Å². The zero-order valence-electron chi connectivity index (χ0n) is 36.1. The number of rotatable bonds is 13. The Hall–Kier alpha value is -2.40. The number of carbonyl (C=O) groups is 1. The molecule has 5 aliphatic rings. The Kier molecular flexibility index (Phi) is 11.4. The van der Waals surface area contributed by atoms with Crippen molar-refractivity contribution in [2.24, 2.45) is 56.7 Å². The van der Waals surface area contributed by atoms with E-state index in [0.29, 0.717) is 35.5 Å². The van der Waals surface area contributed by atoms with Gasteiger partial charge >= 0.3 is 0 Å². The standard InChI is InChI=1S/C50H77N3O2/c1-34(2)36-23-28-50(45(55)52-31-17-13-11-9-10-12-14-18-32-53-35(3)33-39(51)37-19-15-16-20-40(37)53)30-29-48(7)38(44(36)50)21-22-42-47(6)26-25-43(54)46(4,5)41(47)24-27-49(42,48)8/h15-16,19-20,33,36,38,41-44,51,54H,1,9-14,17-18,21-32H2,2-8H3,(H,52,55)/p+1/t36?,38?,41?,42?,43-,44?,47-,48+,49+,50-/m0/s1. The molecule has 5 heteroatoms. The Balaban J connectivity index is 0.902. The van der Waals surface area contributed by atoms with Gasteiger partial charge in [0.25, 0.3) is 0 Å². The van der Waals surface area contributed by atoms with Crippen LogP contribution in [0.2, 0.25) is 0 Å². The molecule has 304 valence electrons. The summed E-state index contributed by atoms with van der Waals surface area (Å²) < 4.78 is 2.43. The van der Waals surface area contributed by atoms with Gasteiger partial charge in [-0.3, -0.25) is 4.79 Å². The van der Waals surface area contributed by atoms with Crippen molar-refractivity contribution in [3.05, 3.63) is 48.2 Å². The molecule has 0 bridgehead atoms. The van der Waals surface area contributed by atoms with Crippen LogP contribution in [0.5, 0.6) is 0 Å². The second-order valence-electron chi connectivity index (χ2n) is 21.2. The number of hydrogen-bond donors (Lipinski definition) is 3. The summed E-state index contributed by atoms with van der Waals surface area (Å²) in [4.78, 5) is 14.5. The van der Waals surface area contributed by atoms with Gasteiger partial charge in [-0.05, 0) is 141 Å². The van der Waals surface area contributed by atoms with Crippen LogP contribution < -0.4 is 15.6 Å². The monoisotopic (exact) mass is 753 g/mol. The zero-order chi connectivity index (χ0) is 39.4. The quantitative estimate of drug-likeness (QED) is 0.108. The van der Waals surface area contributed by atoms with Gasteiger partial charge in [-0.2, -0.15) is 4.57 Å². The first-order valence-corrected chi connectivity index (χ1v) is 22.9. The lowest BCUT2D eigenvalue weighted by Crippen LogP contribution is -2.67. The number of aliphatic hydroxyl groups excluding tert-OH is 1. The van der Waals surface area contributed by atoms with Gasteiger partial charge in [-0.25, -0.2) is 0 Å². The van der Waals surface area contributed by atoms with E-state index in [0.717, 1.165) is 62.7 Å². The molecule has 5 fully saturated rings. The molecule has 4 N–H and O–H groups in total. The van der Waals surface area contributed by atoms with Crippen molar-refractivity contribution in [3.8, 4) is 0 Å². The highest BCUT2D eigenvalue weighted by molar-refractivity contribution is 5.87. The minimum Gasteiger partial charge on any atom is -0.398 e. The number of allylic oxidation sites excluding steroid dienone is 1. The Morgan fingerprint density at radius 3 is 2.25 bits per heavy atom. The van der Waals surface area contributed by atoms with Gasteiger partial charge in [0.05, 0.1) is 22.6 Å². The summed E-state index contributed by atoms with van der Waals surface area (Å²) in [5.41, 5.74) is 11.5. The number of carbonyl (C=O) groups excluding carboxylic acids is 1. The van der Waals surface area contributed by atoms with Crippen molar-refractivity contribution in [3.63, 3.8) is 0 Å². The molecule has 1 heterocycles. The highest BCUT2D eigenvalue weighted by atomic mass is 16.3. The maximum atomic E-state index is 14.5. The number of hydrogen-bond acceptors (Lipinski definition) is 3. The lowest BCUT2D eigenvalue weighted by molar-refractivity contribution is -0.677. The molecule has 5 nitrogen and oxygen atoms in total. The molecule has 0 saturated heterocycles. The van der Waals surface area contributed by atoms with E-state index in [1.165, 1.54) is 93.8 Å². The fourth-order valence-corrected chi connectivity index (χ4v) is 15.2. The van der Waals surface area contributed by atoms with Crippen LogP contribution in [0.15, 0.2) is 42.5 Å². The second kappa shape index (κ2) is 15.4. The second-order valence-corrected chi connectivity index (χ2v) is 21.2. The number of unbranched alkanes of at least 4 members (excludes halogenated alkanes) is 7. The average Bonchev–Trinajstić information content (AvgIpc) is 3.55. The number of amides is 1. The highest BCUT2D eigenvalue weighted by Crippen LogP contribution is 2.77. The number of anilines is 1. The highest BCUT2D eigenvalue weighted by Gasteiger charge is 2.71. The van der Waals surface area contributed by atoms with Gasteiger partial charge in [0.2, 0.25) is 11.4 Å². The van der Waals surface area contributed by atoms with E-state index in [2.05, 4.69) is 95.3 Å². The first-order chi connectivity index (χ1) is 26.1. The molecule has 5 aliphatic carbocycles. The van der Waals surface area contributed by atoms with Crippen LogP contribution in [0.4, 0.5) is 5.69 Å². The predicted molar refractivity (Wildman–Crippen MR) is 228 cm³/mol. The number of nitrogens with two attached hydrogens (primary N) is 1. The molecule has 0 radical (unpaired) electrons. The van der Waals surface area contributed by atoms with E-state index in [-0.39, 0.29) is 33.2 Å². The van der Waals surface area contributed by atoms with Crippen LogP contribution in [0.1, 0.15) is 163 Å². The fourth-order valence-electron chi connectivity index (χ4n) is 15.2. The van der Waals surface area contributed by atoms with Crippen molar-refractivity contribution < 1.29 is 14.5 Å². The van der Waals surface area contributed by atoms with E-state index in [9.17, 15) is 9.90 Å². The van der Waals surface area contributed by atoms with E-state index in [4.69, 9.17) is 5.73 Å². The summed E-state index contributed by atoms with van der Waals surface area (Å²) in [6.07, 6.45) is 21.2. The molecule has 0 aliphatic heterocycles. The Bertz CT molecular complexity index is 1730. The largest absolute Gasteiger partial charge is 0.398 e. The third-order valence-electron chi connectivity index (χ3n) is 18.4. The molecule has 5 unspecified atom stereocenters. The molecule has 1 aromatic carbocycles. The maximum Gasteiger partial charge on any atom is 0.226 e. The summed E-state index contributed by atoms with van der Waals surface area (Å²) in [6, 6.07) is 10.6. The number of fused-ring (bicyclic) bond motifs is 8. The smallest absolute Gasteiger partial charge is 0.226 e. The molecule has 7 rings (SSSR count). The van der Waals surface area contributed by atoms with Crippen LogP contribution in [0.25, 0.3) is 10.9 Å². The normalized spacial score (nSPS) is 37.7. The lowest BCUT2D eigenvalue weighted by atomic mass is 9.32. The van der Waals surface area contributed by atoms with Gasteiger partial charge in [-0.1, -0.05) is 91.0 Å². The fraction of sp³-hybridized carbons (Fsp3) is 0.760. The van der Waals surface area contributed by atoms with E-state index in [1.54, 1.807) is 0 Å². The molecule has 0 spiro atoms. The van der Waals surface area contributed by atoms with Crippen LogP contribution in [-0.4, -0.2) is 23.7 Å². The number of aliphatic hydroxyl groups is 1. The van der Waals surface area contributed by atoms with Gasteiger partial charge in [0.15, 0.2) is 5.69 Å². The number of aromatic nitrogens is 1. The topological polar surface area (TPSA) is 79.2 Å². The minimum atomic E-state index is -0.232. The van der Waals surface area contributed by atoms with E-state index >= 15 is 0 Å². The molecule has 55 heavy (non-hydrogen) atoms. The Labute approximate surface area is 335 Å². The summed E-state index contributed by atoms with van der Waals surface area (Å²) in [7, 11) is 0. The lowest BCUT2D eigenvalue weighted by Gasteiger charge is -2.72. The van der Waals surface area contributed by atoms with Crippen LogP contribution in [-0.2, 0) is 11.3 Å². The number of benzene rings is 1. The zero-order valence-corrected chi connectivity index (χ0v) is 36.1.